The van der Waals surface area contributed by atoms with E-state index in [9.17, 15) is 9.90 Å². The Hall–Kier alpha value is -1.68. The second-order valence-corrected chi connectivity index (χ2v) is 6.16. The van der Waals surface area contributed by atoms with Crippen LogP contribution >= 0.6 is 11.3 Å². The first kappa shape index (κ1) is 13.3. The van der Waals surface area contributed by atoms with E-state index in [1.54, 1.807) is 0 Å². The summed E-state index contributed by atoms with van der Waals surface area (Å²) in [5, 5.41) is 10.2. The molecule has 0 radical (unpaired) electrons. The molecule has 0 spiro atoms. The van der Waals surface area contributed by atoms with Crippen LogP contribution < -0.4 is 0 Å². The minimum atomic E-state index is -0.852. The normalized spacial score (nSPS) is 17.8. The predicted octanol–water partition coefficient (Wildman–Crippen LogP) is 3.87. The van der Waals surface area contributed by atoms with E-state index in [2.05, 4.69) is 29.2 Å². The van der Waals surface area contributed by atoms with E-state index < -0.39 is 5.97 Å². The van der Waals surface area contributed by atoms with Crippen molar-refractivity contribution >= 4 is 17.3 Å². The number of thiazole rings is 1. The van der Waals surface area contributed by atoms with Gasteiger partial charge in [-0.25, -0.2) is 9.78 Å². The van der Waals surface area contributed by atoms with Crippen LogP contribution in [0.25, 0.3) is 0 Å². The molecular formula is C16H17NO2S. The van der Waals surface area contributed by atoms with Gasteiger partial charge in [0.2, 0.25) is 0 Å². The van der Waals surface area contributed by atoms with E-state index in [-0.39, 0.29) is 5.92 Å². The van der Waals surface area contributed by atoms with Crippen molar-refractivity contribution in [3.05, 3.63) is 51.0 Å². The SMILES string of the molecule is CCc1nc(C2CCCc3ccccc32)sc1C(=O)O. The zero-order chi connectivity index (χ0) is 14.1. The average Bonchev–Trinajstić information content (AvgIpc) is 2.91. The van der Waals surface area contributed by atoms with Crippen molar-refractivity contribution in [3.63, 3.8) is 0 Å². The molecule has 4 heteroatoms. The van der Waals surface area contributed by atoms with E-state index in [1.807, 2.05) is 6.92 Å². The van der Waals surface area contributed by atoms with Crippen molar-refractivity contribution in [2.45, 2.75) is 38.5 Å². The maximum atomic E-state index is 11.3. The van der Waals surface area contributed by atoms with Gasteiger partial charge in [-0.15, -0.1) is 11.3 Å². The van der Waals surface area contributed by atoms with Crippen LogP contribution in [-0.4, -0.2) is 16.1 Å². The van der Waals surface area contributed by atoms with Crippen LogP contribution in [0.1, 0.15) is 57.2 Å². The number of aryl methyl sites for hydroxylation is 2. The third-order valence-corrected chi connectivity index (χ3v) is 5.11. The Kier molecular flexibility index (Phi) is 3.57. The Morgan fingerprint density at radius 1 is 1.45 bits per heavy atom. The summed E-state index contributed by atoms with van der Waals surface area (Å²) in [6.07, 6.45) is 3.99. The summed E-state index contributed by atoms with van der Waals surface area (Å²) in [5.74, 6) is -0.585. The van der Waals surface area contributed by atoms with Crippen molar-refractivity contribution in [3.8, 4) is 0 Å². The third-order valence-electron chi connectivity index (χ3n) is 3.91. The molecule has 0 bridgehead atoms. The zero-order valence-corrected chi connectivity index (χ0v) is 12.2. The number of benzene rings is 1. The smallest absolute Gasteiger partial charge is 0.347 e. The fourth-order valence-corrected chi connectivity index (χ4v) is 4.08. The number of carbonyl (C=O) groups is 1. The number of hydrogen-bond donors (Lipinski definition) is 1. The number of aromatic carboxylic acids is 1. The Morgan fingerprint density at radius 3 is 2.95 bits per heavy atom. The maximum Gasteiger partial charge on any atom is 0.347 e. The number of rotatable bonds is 3. The lowest BCUT2D eigenvalue weighted by Crippen LogP contribution is -2.10. The highest BCUT2D eigenvalue weighted by atomic mass is 32.1. The lowest BCUT2D eigenvalue weighted by molar-refractivity contribution is 0.0701. The van der Waals surface area contributed by atoms with E-state index in [0.29, 0.717) is 11.3 Å². The first-order chi connectivity index (χ1) is 9.70. The van der Waals surface area contributed by atoms with E-state index in [4.69, 9.17) is 0 Å². The minimum Gasteiger partial charge on any atom is -0.477 e. The van der Waals surface area contributed by atoms with Crippen molar-refractivity contribution in [1.29, 1.82) is 0 Å². The van der Waals surface area contributed by atoms with Crippen LogP contribution in [0.2, 0.25) is 0 Å². The van der Waals surface area contributed by atoms with Gasteiger partial charge in [0.05, 0.1) is 5.69 Å². The molecule has 3 nitrogen and oxygen atoms in total. The van der Waals surface area contributed by atoms with Gasteiger partial charge in [0.1, 0.15) is 9.88 Å². The summed E-state index contributed by atoms with van der Waals surface area (Å²) in [6.45, 7) is 1.96. The molecule has 3 rings (SSSR count). The van der Waals surface area contributed by atoms with Gasteiger partial charge in [-0.1, -0.05) is 31.2 Å². The summed E-state index contributed by atoms with van der Waals surface area (Å²) in [7, 11) is 0. The van der Waals surface area contributed by atoms with Gasteiger partial charge in [0.15, 0.2) is 0 Å². The fraction of sp³-hybridized carbons (Fsp3) is 0.375. The molecule has 20 heavy (non-hydrogen) atoms. The molecular weight excluding hydrogens is 270 g/mol. The lowest BCUT2D eigenvalue weighted by atomic mass is 9.83. The molecule has 104 valence electrons. The van der Waals surface area contributed by atoms with E-state index in [1.165, 1.54) is 22.5 Å². The van der Waals surface area contributed by atoms with Gasteiger partial charge >= 0.3 is 5.97 Å². The summed E-state index contributed by atoms with van der Waals surface area (Å²) >= 11 is 1.35. The molecule has 1 heterocycles. The van der Waals surface area contributed by atoms with Crippen LogP contribution in [0.15, 0.2) is 24.3 Å². The van der Waals surface area contributed by atoms with Crippen LogP contribution in [0.5, 0.6) is 0 Å². The molecule has 0 saturated heterocycles. The standard InChI is InChI=1S/C16H17NO2S/c1-2-13-14(16(18)19)20-15(17-13)12-9-5-7-10-6-3-4-8-11(10)12/h3-4,6,8,12H,2,5,7,9H2,1H3,(H,18,19). The second-order valence-electron chi connectivity index (χ2n) is 5.13. The number of hydrogen-bond acceptors (Lipinski definition) is 3. The van der Waals surface area contributed by atoms with E-state index in [0.717, 1.165) is 30.0 Å². The Bertz CT molecular complexity index is 648. The second kappa shape index (κ2) is 5.37. The number of fused-ring (bicyclic) bond motifs is 1. The van der Waals surface area contributed by atoms with Gasteiger partial charge in [0, 0.05) is 5.92 Å². The number of nitrogens with zero attached hydrogens (tertiary/aromatic N) is 1. The van der Waals surface area contributed by atoms with Crippen LogP contribution in [0.4, 0.5) is 0 Å². The monoisotopic (exact) mass is 287 g/mol. The maximum absolute atomic E-state index is 11.3. The first-order valence-corrected chi connectivity index (χ1v) is 7.83. The summed E-state index contributed by atoms with van der Waals surface area (Å²) < 4.78 is 0. The quantitative estimate of drug-likeness (QED) is 0.932. The molecule has 0 aliphatic heterocycles. The molecule has 1 aromatic heterocycles. The Labute approximate surface area is 122 Å². The largest absolute Gasteiger partial charge is 0.477 e. The van der Waals surface area contributed by atoms with Crippen molar-refractivity contribution < 1.29 is 9.90 Å². The topological polar surface area (TPSA) is 50.2 Å². The van der Waals surface area contributed by atoms with Gasteiger partial charge in [-0.3, -0.25) is 0 Å². The minimum absolute atomic E-state index is 0.267. The summed E-state index contributed by atoms with van der Waals surface area (Å²) in [6, 6.07) is 8.47. The van der Waals surface area contributed by atoms with Crippen molar-refractivity contribution in [2.24, 2.45) is 0 Å². The van der Waals surface area contributed by atoms with Gasteiger partial charge in [-0.05, 0) is 36.8 Å². The van der Waals surface area contributed by atoms with Crippen LogP contribution in [0, 0.1) is 0 Å². The molecule has 1 N–H and O–H groups in total. The molecule has 0 saturated carbocycles. The molecule has 1 atom stereocenters. The lowest BCUT2D eigenvalue weighted by Gasteiger charge is -2.23. The predicted molar refractivity (Wildman–Crippen MR) is 79.7 cm³/mol. The van der Waals surface area contributed by atoms with Gasteiger partial charge in [0.25, 0.3) is 0 Å². The molecule has 1 unspecified atom stereocenters. The third kappa shape index (κ3) is 2.24. The molecule has 0 fully saturated rings. The van der Waals surface area contributed by atoms with Crippen LogP contribution in [0.3, 0.4) is 0 Å². The van der Waals surface area contributed by atoms with E-state index >= 15 is 0 Å². The number of carboxylic acid groups (broad SMARTS) is 1. The molecule has 0 amide bonds. The molecule has 1 aromatic carbocycles. The Morgan fingerprint density at radius 2 is 2.25 bits per heavy atom. The first-order valence-electron chi connectivity index (χ1n) is 7.01. The highest BCUT2D eigenvalue weighted by molar-refractivity contribution is 7.13. The Balaban J connectivity index is 2.04. The van der Waals surface area contributed by atoms with Crippen LogP contribution in [-0.2, 0) is 12.8 Å². The van der Waals surface area contributed by atoms with Gasteiger partial charge < -0.3 is 5.11 Å². The molecule has 1 aliphatic carbocycles. The number of carboxylic acids is 1. The fourth-order valence-electron chi connectivity index (χ4n) is 2.94. The highest BCUT2D eigenvalue weighted by Crippen LogP contribution is 2.39. The summed E-state index contributed by atoms with van der Waals surface area (Å²) in [5.41, 5.74) is 3.43. The summed E-state index contributed by atoms with van der Waals surface area (Å²) in [4.78, 5) is 16.3. The zero-order valence-electron chi connectivity index (χ0n) is 11.4. The van der Waals surface area contributed by atoms with Crippen molar-refractivity contribution in [1.82, 2.24) is 4.98 Å². The highest BCUT2D eigenvalue weighted by Gasteiger charge is 2.26. The van der Waals surface area contributed by atoms with Gasteiger partial charge in [-0.2, -0.15) is 0 Å². The van der Waals surface area contributed by atoms with Crippen molar-refractivity contribution in [2.75, 3.05) is 0 Å². The molecule has 1 aliphatic rings. The average molecular weight is 287 g/mol. The number of aromatic nitrogens is 1. The molecule has 2 aromatic rings.